The van der Waals surface area contributed by atoms with E-state index in [1.54, 1.807) is 7.11 Å². The lowest BCUT2D eigenvalue weighted by Gasteiger charge is -2.20. The van der Waals surface area contributed by atoms with Crippen LogP contribution >= 0.6 is 0 Å². The van der Waals surface area contributed by atoms with Crippen molar-refractivity contribution in [3.63, 3.8) is 0 Å². The average Bonchev–Trinajstić information content (AvgIpc) is 2.73. The Morgan fingerprint density at radius 3 is 2.89 bits per heavy atom. The molecule has 18 heavy (non-hydrogen) atoms. The van der Waals surface area contributed by atoms with Crippen LogP contribution < -0.4 is 4.74 Å². The van der Waals surface area contributed by atoms with E-state index >= 15 is 0 Å². The fourth-order valence-electron chi connectivity index (χ4n) is 2.67. The Hall–Kier alpha value is -2.21. The number of aromatic nitrogens is 1. The number of hydrogen-bond donors (Lipinski definition) is 0. The van der Waals surface area contributed by atoms with E-state index < -0.39 is 0 Å². The van der Waals surface area contributed by atoms with Crippen molar-refractivity contribution in [1.82, 2.24) is 4.57 Å². The first kappa shape index (κ1) is 10.9. The first-order chi connectivity index (χ1) is 8.74. The molecule has 1 aliphatic heterocycles. The van der Waals surface area contributed by atoms with E-state index in [0.717, 1.165) is 35.7 Å². The van der Waals surface area contributed by atoms with Crippen molar-refractivity contribution in [3.05, 3.63) is 41.1 Å². The predicted octanol–water partition coefficient (Wildman–Crippen LogP) is 2.90. The van der Waals surface area contributed by atoms with Gasteiger partial charge in [-0.2, -0.15) is 5.26 Å². The number of fused-ring (bicyclic) bond motifs is 3. The van der Waals surface area contributed by atoms with Gasteiger partial charge in [0.2, 0.25) is 0 Å². The molecule has 0 spiro atoms. The molecule has 1 aromatic carbocycles. The van der Waals surface area contributed by atoms with Crippen molar-refractivity contribution in [3.8, 4) is 23.1 Å². The van der Waals surface area contributed by atoms with Gasteiger partial charge in [-0.3, -0.25) is 0 Å². The van der Waals surface area contributed by atoms with Gasteiger partial charge in [0.05, 0.1) is 7.11 Å². The molecule has 0 unspecified atom stereocenters. The Morgan fingerprint density at radius 2 is 2.17 bits per heavy atom. The lowest BCUT2D eigenvalue weighted by Crippen LogP contribution is -2.12. The summed E-state index contributed by atoms with van der Waals surface area (Å²) >= 11 is 0. The van der Waals surface area contributed by atoms with E-state index in [-0.39, 0.29) is 0 Å². The minimum Gasteiger partial charge on any atom is -0.497 e. The molecule has 0 atom stereocenters. The third-order valence-electron chi connectivity index (χ3n) is 3.59. The highest BCUT2D eigenvalue weighted by Gasteiger charge is 2.20. The van der Waals surface area contributed by atoms with Crippen LogP contribution in [0.5, 0.6) is 5.75 Å². The van der Waals surface area contributed by atoms with Crippen molar-refractivity contribution < 1.29 is 4.74 Å². The van der Waals surface area contributed by atoms with Crippen LogP contribution in [0.25, 0.3) is 11.3 Å². The van der Waals surface area contributed by atoms with Gasteiger partial charge >= 0.3 is 0 Å². The molecule has 90 valence electrons. The van der Waals surface area contributed by atoms with Crippen molar-refractivity contribution in [1.29, 1.82) is 5.26 Å². The maximum absolute atomic E-state index is 9.20. The second kappa shape index (κ2) is 3.92. The SMILES string of the molecule is COc1ccc2c(c1)CCn1c-2cc(C)c1C#N. The number of aryl methyl sites for hydroxylation is 2. The molecule has 2 heterocycles. The minimum absolute atomic E-state index is 0.784. The number of hydrogen-bond acceptors (Lipinski definition) is 2. The molecular formula is C15H14N2O. The van der Waals surface area contributed by atoms with Gasteiger partial charge in [-0.15, -0.1) is 0 Å². The van der Waals surface area contributed by atoms with Gasteiger partial charge in [-0.25, -0.2) is 0 Å². The third kappa shape index (κ3) is 1.42. The van der Waals surface area contributed by atoms with Gasteiger partial charge < -0.3 is 9.30 Å². The number of rotatable bonds is 1. The zero-order valence-corrected chi connectivity index (χ0v) is 10.5. The summed E-state index contributed by atoms with van der Waals surface area (Å²) in [5.41, 5.74) is 5.49. The number of methoxy groups -OCH3 is 1. The van der Waals surface area contributed by atoms with Crippen molar-refractivity contribution in [2.75, 3.05) is 7.11 Å². The van der Waals surface area contributed by atoms with E-state index in [0.29, 0.717) is 0 Å². The van der Waals surface area contributed by atoms with Gasteiger partial charge in [0.25, 0.3) is 0 Å². The summed E-state index contributed by atoms with van der Waals surface area (Å²) in [7, 11) is 1.69. The monoisotopic (exact) mass is 238 g/mol. The number of benzene rings is 1. The number of nitrogens with zero attached hydrogens (tertiary/aromatic N) is 2. The second-order valence-corrected chi connectivity index (χ2v) is 4.60. The molecule has 0 aliphatic carbocycles. The number of ether oxygens (including phenoxy) is 1. The summed E-state index contributed by atoms with van der Waals surface area (Å²) in [4.78, 5) is 0. The van der Waals surface area contributed by atoms with Crippen LogP contribution in [0.4, 0.5) is 0 Å². The molecule has 0 radical (unpaired) electrons. The smallest absolute Gasteiger partial charge is 0.123 e. The molecule has 2 aromatic rings. The minimum atomic E-state index is 0.784. The molecule has 0 saturated heterocycles. The summed E-state index contributed by atoms with van der Waals surface area (Å²) < 4.78 is 7.37. The first-order valence-corrected chi connectivity index (χ1v) is 6.02. The Labute approximate surface area is 106 Å². The molecule has 0 N–H and O–H groups in total. The van der Waals surface area contributed by atoms with Crippen LogP contribution in [-0.4, -0.2) is 11.7 Å². The summed E-state index contributed by atoms with van der Waals surface area (Å²) in [6.07, 6.45) is 0.947. The molecule has 1 aromatic heterocycles. The highest BCUT2D eigenvalue weighted by molar-refractivity contribution is 5.70. The molecule has 0 saturated carbocycles. The Balaban J connectivity index is 2.21. The van der Waals surface area contributed by atoms with Crippen molar-refractivity contribution >= 4 is 0 Å². The van der Waals surface area contributed by atoms with E-state index in [1.807, 2.05) is 13.0 Å². The predicted molar refractivity (Wildman–Crippen MR) is 69.6 cm³/mol. The molecular weight excluding hydrogens is 224 g/mol. The Morgan fingerprint density at radius 1 is 1.33 bits per heavy atom. The molecule has 1 aliphatic rings. The third-order valence-corrected chi connectivity index (χ3v) is 3.59. The van der Waals surface area contributed by atoms with Crippen LogP contribution in [0.15, 0.2) is 24.3 Å². The van der Waals surface area contributed by atoms with Gasteiger partial charge in [0.15, 0.2) is 0 Å². The fraction of sp³-hybridized carbons (Fsp3) is 0.267. The molecule has 3 rings (SSSR count). The molecule has 0 bridgehead atoms. The first-order valence-electron chi connectivity index (χ1n) is 6.02. The number of nitriles is 1. The van der Waals surface area contributed by atoms with Crippen molar-refractivity contribution in [2.24, 2.45) is 0 Å². The second-order valence-electron chi connectivity index (χ2n) is 4.60. The highest BCUT2D eigenvalue weighted by Crippen LogP contribution is 2.34. The van der Waals surface area contributed by atoms with E-state index in [2.05, 4.69) is 28.8 Å². The normalized spacial score (nSPS) is 12.5. The molecule has 0 fully saturated rings. The zero-order valence-electron chi connectivity index (χ0n) is 10.5. The Bertz CT molecular complexity index is 662. The largest absolute Gasteiger partial charge is 0.497 e. The summed E-state index contributed by atoms with van der Waals surface area (Å²) in [5, 5.41) is 9.20. The Kier molecular flexibility index (Phi) is 2.38. The van der Waals surface area contributed by atoms with Crippen LogP contribution in [0.3, 0.4) is 0 Å². The van der Waals surface area contributed by atoms with Crippen molar-refractivity contribution in [2.45, 2.75) is 19.9 Å². The standard InChI is InChI=1S/C15H14N2O/c1-10-7-14-13-4-3-12(18-2)8-11(13)5-6-17(14)15(10)9-16/h3-4,7-8H,5-6H2,1-2H3. The van der Waals surface area contributed by atoms with Crippen LogP contribution in [-0.2, 0) is 13.0 Å². The molecule has 3 nitrogen and oxygen atoms in total. The van der Waals surface area contributed by atoms with Gasteiger partial charge in [0, 0.05) is 17.8 Å². The highest BCUT2D eigenvalue weighted by atomic mass is 16.5. The quantitative estimate of drug-likeness (QED) is 0.766. The average molecular weight is 238 g/mol. The lowest BCUT2D eigenvalue weighted by molar-refractivity contribution is 0.414. The van der Waals surface area contributed by atoms with Crippen LogP contribution in [0.2, 0.25) is 0 Å². The van der Waals surface area contributed by atoms with Gasteiger partial charge in [0.1, 0.15) is 17.5 Å². The maximum Gasteiger partial charge on any atom is 0.123 e. The van der Waals surface area contributed by atoms with Gasteiger partial charge in [-0.1, -0.05) is 0 Å². The lowest BCUT2D eigenvalue weighted by atomic mass is 9.98. The van der Waals surface area contributed by atoms with E-state index in [4.69, 9.17) is 4.74 Å². The molecule has 3 heteroatoms. The van der Waals surface area contributed by atoms with Crippen LogP contribution in [0, 0.1) is 18.3 Å². The van der Waals surface area contributed by atoms with E-state index in [1.165, 1.54) is 11.1 Å². The molecule has 0 amide bonds. The zero-order chi connectivity index (χ0) is 12.7. The summed E-state index contributed by atoms with van der Waals surface area (Å²) in [6.45, 7) is 2.86. The van der Waals surface area contributed by atoms with E-state index in [9.17, 15) is 5.26 Å². The maximum atomic E-state index is 9.20. The van der Waals surface area contributed by atoms with Crippen LogP contribution in [0.1, 0.15) is 16.8 Å². The summed E-state index contributed by atoms with van der Waals surface area (Å²) in [5.74, 6) is 0.894. The fourth-order valence-corrected chi connectivity index (χ4v) is 2.67. The topological polar surface area (TPSA) is 38.0 Å². The van der Waals surface area contributed by atoms with Gasteiger partial charge in [-0.05, 0) is 48.7 Å². The summed E-state index contributed by atoms with van der Waals surface area (Å²) in [6, 6.07) is 10.5.